The predicted molar refractivity (Wildman–Crippen MR) is 131 cm³/mol. The maximum atomic E-state index is 14.3. The molecule has 194 valence electrons. The van der Waals surface area contributed by atoms with E-state index in [0.717, 1.165) is 22.3 Å². The lowest BCUT2D eigenvalue weighted by atomic mass is 9.91. The van der Waals surface area contributed by atoms with Crippen LogP contribution in [-0.2, 0) is 25.2 Å². The number of nitrogens with zero attached hydrogens (tertiary/aromatic N) is 3. The number of aryl methyl sites for hydroxylation is 1. The number of aromatic nitrogens is 3. The molecule has 2 heterocycles. The SMILES string of the molecule is Cc1nn(C(C)(C)COc2cc(-c3cc(F)cc(C(C)C)c3C)ccn2)c(C)c1S(N)(=O)=O.O=C=O. The molecule has 0 radical (unpaired) electrons. The molecule has 0 amide bonds. The Bertz CT molecular complexity index is 1390. The summed E-state index contributed by atoms with van der Waals surface area (Å²) in [6, 6.07) is 6.70. The summed E-state index contributed by atoms with van der Waals surface area (Å²) in [5.41, 5.74) is 3.67. The molecule has 9 nitrogen and oxygen atoms in total. The van der Waals surface area contributed by atoms with Crippen LogP contribution in [0.5, 0.6) is 5.88 Å². The number of ether oxygens (including phenoxy) is 1. The van der Waals surface area contributed by atoms with Gasteiger partial charge in [0.2, 0.25) is 15.9 Å². The van der Waals surface area contributed by atoms with Crippen LogP contribution in [0.4, 0.5) is 4.39 Å². The number of hydrogen-bond donors (Lipinski definition) is 1. The van der Waals surface area contributed by atoms with Crippen LogP contribution in [0.25, 0.3) is 11.1 Å². The monoisotopic (exact) mass is 518 g/mol. The third-order valence-corrected chi connectivity index (χ3v) is 6.90. The molecule has 0 aliphatic heterocycles. The molecule has 11 heteroatoms. The van der Waals surface area contributed by atoms with Gasteiger partial charge in [0.25, 0.3) is 0 Å². The Labute approximate surface area is 210 Å². The Morgan fingerprint density at radius 3 is 2.31 bits per heavy atom. The van der Waals surface area contributed by atoms with E-state index in [1.165, 1.54) is 6.07 Å². The molecule has 0 bridgehead atoms. The average Bonchev–Trinajstić information content (AvgIpc) is 3.09. The first-order valence-electron chi connectivity index (χ1n) is 11.1. The van der Waals surface area contributed by atoms with Gasteiger partial charge in [0.1, 0.15) is 17.3 Å². The largest absolute Gasteiger partial charge is 0.475 e. The second-order valence-corrected chi connectivity index (χ2v) is 10.8. The molecule has 0 unspecified atom stereocenters. The summed E-state index contributed by atoms with van der Waals surface area (Å²) >= 11 is 0. The lowest BCUT2D eigenvalue weighted by molar-refractivity contribution is -0.191. The first-order valence-corrected chi connectivity index (χ1v) is 12.7. The van der Waals surface area contributed by atoms with E-state index in [1.807, 2.05) is 40.7 Å². The van der Waals surface area contributed by atoms with Crippen LogP contribution >= 0.6 is 0 Å². The standard InChI is InChI=1S/C24H31FN4O3S.CO2/c1-14(2)20-11-19(25)12-21(15(20)3)18-8-9-27-22(10-18)32-13-24(6,7)29-17(5)23(16(4)28-29)33(26,30)31;2-1-3/h8-12,14H,13H2,1-7H3,(H2,26,30,31);. The molecule has 0 saturated carbocycles. The van der Waals surface area contributed by atoms with Gasteiger partial charge in [0, 0.05) is 12.3 Å². The fraction of sp³-hybridized carbons (Fsp3) is 0.400. The summed E-state index contributed by atoms with van der Waals surface area (Å²) in [5, 5.41) is 9.74. The van der Waals surface area contributed by atoms with Crippen molar-refractivity contribution in [3.63, 3.8) is 0 Å². The van der Waals surface area contributed by atoms with E-state index in [1.54, 1.807) is 36.9 Å². The van der Waals surface area contributed by atoms with Crippen LogP contribution < -0.4 is 9.88 Å². The van der Waals surface area contributed by atoms with Crippen LogP contribution in [0.1, 0.15) is 56.1 Å². The van der Waals surface area contributed by atoms with Crippen molar-refractivity contribution >= 4 is 16.2 Å². The number of carbonyl (C=O) groups excluding carboxylic acids is 2. The second-order valence-electron chi connectivity index (χ2n) is 9.35. The quantitative estimate of drug-likeness (QED) is 0.499. The van der Waals surface area contributed by atoms with Gasteiger partial charge in [-0.1, -0.05) is 13.8 Å². The maximum Gasteiger partial charge on any atom is 0.373 e. The summed E-state index contributed by atoms with van der Waals surface area (Å²) in [6.07, 6.45) is 1.87. The van der Waals surface area contributed by atoms with Gasteiger partial charge in [-0.3, -0.25) is 4.68 Å². The van der Waals surface area contributed by atoms with Crippen LogP contribution in [0.3, 0.4) is 0 Å². The third-order valence-electron chi connectivity index (χ3n) is 5.74. The van der Waals surface area contributed by atoms with Crippen molar-refractivity contribution in [1.82, 2.24) is 14.8 Å². The zero-order chi connectivity index (χ0) is 27.4. The van der Waals surface area contributed by atoms with E-state index >= 15 is 0 Å². The summed E-state index contributed by atoms with van der Waals surface area (Å²) < 4.78 is 45.8. The molecule has 0 spiro atoms. The summed E-state index contributed by atoms with van der Waals surface area (Å²) in [4.78, 5) is 20.6. The molecule has 0 saturated heterocycles. The smallest absolute Gasteiger partial charge is 0.373 e. The van der Waals surface area contributed by atoms with Crippen molar-refractivity contribution in [2.24, 2.45) is 5.14 Å². The topological polar surface area (TPSA) is 134 Å². The molecular formula is C25H31FN4O5S. The number of halogens is 1. The van der Waals surface area contributed by atoms with Gasteiger partial charge in [-0.25, -0.2) is 22.9 Å². The molecule has 3 aromatic rings. The van der Waals surface area contributed by atoms with Gasteiger partial charge in [0.15, 0.2) is 0 Å². The van der Waals surface area contributed by atoms with Crippen molar-refractivity contribution in [2.75, 3.05) is 6.61 Å². The highest BCUT2D eigenvalue weighted by molar-refractivity contribution is 7.89. The van der Waals surface area contributed by atoms with Crippen molar-refractivity contribution in [2.45, 2.75) is 64.8 Å². The van der Waals surface area contributed by atoms with Gasteiger partial charge < -0.3 is 4.74 Å². The first kappa shape index (κ1) is 28.8. The summed E-state index contributed by atoms with van der Waals surface area (Å²) in [6.45, 7) is 13.3. The molecule has 1 aromatic carbocycles. The molecule has 0 atom stereocenters. The zero-order valence-corrected chi connectivity index (χ0v) is 22.2. The van der Waals surface area contributed by atoms with E-state index in [4.69, 9.17) is 19.5 Å². The Morgan fingerprint density at radius 1 is 1.17 bits per heavy atom. The van der Waals surface area contributed by atoms with Gasteiger partial charge in [-0.05, 0) is 81.0 Å². The molecule has 0 aliphatic carbocycles. The molecular weight excluding hydrogens is 487 g/mol. The maximum absolute atomic E-state index is 14.3. The Morgan fingerprint density at radius 2 is 1.78 bits per heavy atom. The number of sulfonamides is 1. The zero-order valence-electron chi connectivity index (χ0n) is 21.4. The number of benzene rings is 1. The number of rotatable bonds is 7. The van der Waals surface area contributed by atoms with E-state index in [9.17, 15) is 12.8 Å². The highest BCUT2D eigenvalue weighted by Crippen LogP contribution is 2.32. The lowest BCUT2D eigenvalue weighted by Crippen LogP contribution is -2.35. The van der Waals surface area contributed by atoms with Crippen LogP contribution in [-0.4, -0.2) is 35.9 Å². The number of pyridine rings is 1. The third kappa shape index (κ3) is 6.42. The van der Waals surface area contributed by atoms with Crippen molar-refractivity contribution < 1.29 is 27.1 Å². The van der Waals surface area contributed by atoms with Gasteiger partial charge in [-0.2, -0.15) is 14.7 Å². The molecule has 3 rings (SSSR count). The van der Waals surface area contributed by atoms with Crippen molar-refractivity contribution in [3.8, 4) is 17.0 Å². The fourth-order valence-electron chi connectivity index (χ4n) is 4.20. The number of primary sulfonamides is 1. The number of nitrogens with two attached hydrogens (primary N) is 1. The molecule has 2 N–H and O–H groups in total. The van der Waals surface area contributed by atoms with E-state index in [-0.39, 0.29) is 29.4 Å². The molecule has 36 heavy (non-hydrogen) atoms. The minimum Gasteiger partial charge on any atom is -0.475 e. The average molecular weight is 519 g/mol. The summed E-state index contributed by atoms with van der Waals surface area (Å²) in [5.74, 6) is 0.291. The predicted octanol–water partition coefficient (Wildman–Crippen LogP) is 4.01. The minimum absolute atomic E-state index is 0.0261. The van der Waals surface area contributed by atoms with Crippen LogP contribution in [0.2, 0.25) is 0 Å². The van der Waals surface area contributed by atoms with E-state index < -0.39 is 15.6 Å². The van der Waals surface area contributed by atoms with E-state index in [2.05, 4.69) is 10.1 Å². The van der Waals surface area contributed by atoms with Gasteiger partial charge in [0.05, 0.1) is 16.9 Å². The van der Waals surface area contributed by atoms with Crippen LogP contribution in [0.15, 0.2) is 35.4 Å². The molecule has 2 aromatic heterocycles. The molecule has 0 aliphatic rings. The van der Waals surface area contributed by atoms with Gasteiger partial charge in [-0.15, -0.1) is 0 Å². The number of hydrogen-bond acceptors (Lipinski definition) is 7. The van der Waals surface area contributed by atoms with Gasteiger partial charge >= 0.3 is 6.15 Å². The Hall–Kier alpha value is -3.40. The van der Waals surface area contributed by atoms with E-state index in [0.29, 0.717) is 17.3 Å². The second kappa shape index (κ2) is 11.1. The lowest BCUT2D eigenvalue weighted by Gasteiger charge is -2.27. The van der Waals surface area contributed by atoms with Crippen molar-refractivity contribution in [1.29, 1.82) is 0 Å². The Balaban J connectivity index is 0.00000145. The first-order chi connectivity index (χ1) is 16.6. The fourth-order valence-corrected chi connectivity index (χ4v) is 5.15. The molecule has 0 fully saturated rings. The Kier molecular flexibility index (Phi) is 8.90. The van der Waals surface area contributed by atoms with Crippen molar-refractivity contribution in [3.05, 3.63) is 58.8 Å². The summed E-state index contributed by atoms with van der Waals surface area (Å²) in [7, 11) is -3.89. The van der Waals surface area contributed by atoms with Crippen LogP contribution in [0, 0.1) is 26.6 Å². The normalized spacial score (nSPS) is 11.6. The minimum atomic E-state index is -3.89. The highest BCUT2D eigenvalue weighted by atomic mass is 32.2. The highest BCUT2D eigenvalue weighted by Gasteiger charge is 2.30.